The number of carbonyl (C=O) groups is 4. The lowest BCUT2D eigenvalue weighted by molar-refractivity contribution is 0.0467. The molecule has 0 unspecified atom stereocenters. The highest BCUT2D eigenvalue weighted by Gasteiger charge is 2.37. The number of aliphatic hydroxyl groups is 1. The second-order valence-electron chi connectivity index (χ2n) is 16.1. The number of rotatable bonds is 9. The van der Waals surface area contributed by atoms with E-state index in [1.54, 1.807) is 52.0 Å². The number of aromatic amines is 2. The van der Waals surface area contributed by atoms with Crippen LogP contribution in [0.25, 0.3) is 21.8 Å². The fourth-order valence-corrected chi connectivity index (χ4v) is 6.38. The van der Waals surface area contributed by atoms with Gasteiger partial charge >= 0.3 is 12.2 Å². The molecule has 13 N–H and O–H groups in total. The van der Waals surface area contributed by atoms with Crippen molar-refractivity contribution in [2.45, 2.75) is 98.4 Å². The Balaban J connectivity index is 0.000000388. The first-order chi connectivity index (χ1) is 27.8. The molecular formula is C44H64N8O8. The number of carbonyl (C=O) groups excluding carboxylic acids is 4. The van der Waals surface area contributed by atoms with Crippen molar-refractivity contribution in [1.82, 2.24) is 25.5 Å². The maximum Gasteiger partial charge on any atom is 0.407 e. The Morgan fingerprint density at radius 3 is 1.50 bits per heavy atom. The number of nitrogens with zero attached hydrogens (tertiary/aromatic N) is 1. The number of hydrogen-bond donors (Lipinski definition) is 8. The largest absolute Gasteiger partial charge is 0.444 e. The molecule has 2 atom stereocenters. The van der Waals surface area contributed by atoms with Gasteiger partial charge in [-0.3, -0.25) is 26.2 Å². The standard InChI is InChI=1S/C25H27N3O4.C17H25N3O2.C2H6O.H4N2.H2O/c1-15-9-10-21-20(11-15)16(13-26-21)12-17(27-24(31)32-25(2,3)4)14-28-22(29)18-7-5-6-8-19(18)23(28)30;1-11-5-6-15-14(7-11)12(10-19-15)8-13(9-18)20-16(21)22-17(2,3)4;1-2-3;1-2;/h5-11,13,17,26H,12,14H2,1-4H3,(H,27,31);5-7,10,13,19H,8-9,18H2,1-4H3,(H,20,21);3H,2H2,1H3;1-2H2;1H2/t17-;13-;;;/m11.../s1. The van der Waals surface area contributed by atoms with Crippen molar-refractivity contribution in [2.75, 3.05) is 19.7 Å². The molecule has 1 aliphatic heterocycles. The number of hydrazine groups is 1. The van der Waals surface area contributed by atoms with Gasteiger partial charge in [-0.15, -0.1) is 0 Å². The summed E-state index contributed by atoms with van der Waals surface area (Å²) in [6.07, 6.45) is 3.95. The summed E-state index contributed by atoms with van der Waals surface area (Å²) in [6.45, 7) is 17.3. The molecule has 0 saturated carbocycles. The molecule has 328 valence electrons. The molecule has 0 saturated heterocycles. The van der Waals surface area contributed by atoms with E-state index in [1.807, 2.05) is 52.2 Å². The third-order valence-electron chi connectivity index (χ3n) is 8.79. The molecule has 0 aliphatic carbocycles. The molecule has 3 heterocycles. The summed E-state index contributed by atoms with van der Waals surface area (Å²) in [4.78, 5) is 57.9. The third kappa shape index (κ3) is 14.5. The molecule has 5 aromatic rings. The lowest BCUT2D eigenvalue weighted by Crippen LogP contribution is -2.48. The van der Waals surface area contributed by atoms with Crippen LogP contribution in [0.4, 0.5) is 9.59 Å². The summed E-state index contributed by atoms with van der Waals surface area (Å²) in [5, 5.41) is 15.5. The van der Waals surface area contributed by atoms with Gasteiger partial charge in [0.05, 0.1) is 23.7 Å². The topological polar surface area (TPSA) is 275 Å². The number of hydrogen-bond acceptors (Lipinski definition) is 10. The van der Waals surface area contributed by atoms with Crippen molar-refractivity contribution in [3.63, 3.8) is 0 Å². The highest BCUT2D eigenvalue weighted by molar-refractivity contribution is 6.21. The summed E-state index contributed by atoms with van der Waals surface area (Å²) in [5.74, 6) is 7.30. The molecule has 0 fully saturated rings. The SMILES string of the molecule is CCO.Cc1ccc2[nH]cc(C[C@H](CN)NC(=O)OC(C)(C)C)c2c1.Cc1ccc2[nH]cc(C[C@H](CN3C(=O)c4ccccc4C3=O)NC(=O)OC(C)(C)C)c2c1.NN.O. The number of nitrogens with one attached hydrogen (secondary N) is 4. The summed E-state index contributed by atoms with van der Waals surface area (Å²) >= 11 is 0. The molecule has 16 heteroatoms. The quantitative estimate of drug-likeness (QED) is 0.0555. The van der Waals surface area contributed by atoms with Gasteiger partial charge in [0.2, 0.25) is 0 Å². The molecule has 0 bridgehead atoms. The number of amides is 4. The first-order valence-corrected chi connectivity index (χ1v) is 19.5. The number of imide groups is 1. The van der Waals surface area contributed by atoms with Crippen LogP contribution in [0.3, 0.4) is 0 Å². The number of aromatic nitrogens is 2. The molecule has 16 nitrogen and oxygen atoms in total. The predicted octanol–water partition coefficient (Wildman–Crippen LogP) is 5.07. The van der Waals surface area contributed by atoms with Crippen LogP contribution < -0.4 is 28.1 Å². The number of aryl methyl sites for hydroxylation is 2. The number of aliphatic hydroxyl groups excluding tert-OH is 1. The number of H-pyrrole nitrogens is 2. The van der Waals surface area contributed by atoms with Gasteiger partial charge in [-0.25, -0.2) is 9.59 Å². The Morgan fingerprint density at radius 1 is 0.733 bits per heavy atom. The van der Waals surface area contributed by atoms with Crippen LogP contribution in [0.1, 0.15) is 91.4 Å². The van der Waals surface area contributed by atoms with E-state index < -0.39 is 29.4 Å². The number of alkyl carbamates (subject to hydrolysis) is 2. The molecule has 0 radical (unpaired) electrons. The molecule has 2 aromatic heterocycles. The summed E-state index contributed by atoms with van der Waals surface area (Å²) in [5.41, 5.74) is 11.9. The predicted molar refractivity (Wildman–Crippen MR) is 235 cm³/mol. The zero-order valence-corrected chi connectivity index (χ0v) is 36.2. The Morgan fingerprint density at radius 2 is 1.12 bits per heavy atom. The summed E-state index contributed by atoms with van der Waals surface area (Å²) in [7, 11) is 0. The Hall–Kier alpha value is -5.78. The molecule has 0 spiro atoms. The minimum atomic E-state index is -0.665. The van der Waals surface area contributed by atoms with E-state index in [4.69, 9.17) is 20.3 Å². The Kier molecular flexibility index (Phi) is 18.9. The zero-order chi connectivity index (χ0) is 44.1. The number of fused-ring (bicyclic) bond motifs is 3. The van der Waals surface area contributed by atoms with E-state index in [1.165, 1.54) is 15.8 Å². The minimum Gasteiger partial charge on any atom is -0.444 e. The van der Waals surface area contributed by atoms with Crippen LogP contribution in [0.2, 0.25) is 0 Å². The second kappa shape index (κ2) is 22.6. The highest BCUT2D eigenvalue weighted by atomic mass is 16.6. The van der Waals surface area contributed by atoms with E-state index >= 15 is 0 Å². The van der Waals surface area contributed by atoms with Gasteiger partial charge in [-0.05, 0) is 123 Å². The van der Waals surface area contributed by atoms with Crippen molar-refractivity contribution >= 4 is 45.8 Å². The zero-order valence-electron chi connectivity index (χ0n) is 36.2. The van der Waals surface area contributed by atoms with Crippen molar-refractivity contribution in [3.05, 3.63) is 106 Å². The monoisotopic (exact) mass is 832 g/mol. The van der Waals surface area contributed by atoms with E-state index in [2.05, 4.69) is 63.5 Å². The van der Waals surface area contributed by atoms with Crippen molar-refractivity contribution in [3.8, 4) is 0 Å². The summed E-state index contributed by atoms with van der Waals surface area (Å²) < 4.78 is 10.7. The Labute approximate surface area is 351 Å². The molecule has 6 rings (SSSR count). The van der Waals surface area contributed by atoms with Crippen LogP contribution in [0, 0.1) is 13.8 Å². The molecule has 4 amide bonds. The molecular weight excluding hydrogens is 769 g/mol. The van der Waals surface area contributed by atoms with E-state index in [9.17, 15) is 19.2 Å². The van der Waals surface area contributed by atoms with Crippen LogP contribution >= 0.6 is 0 Å². The van der Waals surface area contributed by atoms with Gasteiger partial charge in [0.15, 0.2) is 0 Å². The number of nitrogens with two attached hydrogens (primary N) is 3. The van der Waals surface area contributed by atoms with E-state index in [-0.39, 0.29) is 36.5 Å². The van der Waals surface area contributed by atoms with Gasteiger partial charge in [-0.1, -0.05) is 35.4 Å². The fraction of sp³-hybridized carbons (Fsp3) is 0.409. The first-order valence-electron chi connectivity index (χ1n) is 19.5. The fourth-order valence-electron chi connectivity index (χ4n) is 6.38. The first kappa shape index (κ1) is 50.4. The Bertz CT molecular complexity index is 2150. The average molecular weight is 833 g/mol. The average Bonchev–Trinajstić information content (AvgIpc) is 3.81. The molecule has 1 aliphatic rings. The van der Waals surface area contributed by atoms with Crippen LogP contribution in [0.15, 0.2) is 73.1 Å². The van der Waals surface area contributed by atoms with Gasteiger partial charge in [-0.2, -0.15) is 0 Å². The van der Waals surface area contributed by atoms with Gasteiger partial charge in [0.1, 0.15) is 11.2 Å². The van der Waals surface area contributed by atoms with Crippen LogP contribution in [-0.2, 0) is 22.3 Å². The molecule has 60 heavy (non-hydrogen) atoms. The third-order valence-corrected chi connectivity index (χ3v) is 8.79. The summed E-state index contributed by atoms with van der Waals surface area (Å²) in [6, 6.07) is 18.5. The van der Waals surface area contributed by atoms with E-state index in [0.717, 1.165) is 33.1 Å². The van der Waals surface area contributed by atoms with Gasteiger partial charge in [0, 0.05) is 53.4 Å². The number of ether oxygens (including phenoxy) is 2. The van der Waals surface area contributed by atoms with Crippen molar-refractivity contribution in [1.29, 1.82) is 0 Å². The van der Waals surface area contributed by atoms with Crippen molar-refractivity contribution < 1.29 is 39.2 Å². The minimum absolute atomic E-state index is 0. The van der Waals surface area contributed by atoms with Gasteiger partial charge in [0.25, 0.3) is 11.8 Å². The normalized spacial score (nSPS) is 13.0. The lowest BCUT2D eigenvalue weighted by Gasteiger charge is -2.26. The molecule has 3 aromatic carbocycles. The van der Waals surface area contributed by atoms with Gasteiger partial charge < -0.3 is 46.4 Å². The van der Waals surface area contributed by atoms with Crippen molar-refractivity contribution in [2.24, 2.45) is 17.4 Å². The van der Waals surface area contributed by atoms with Crippen LogP contribution in [0.5, 0.6) is 0 Å². The second-order valence-corrected chi connectivity index (χ2v) is 16.1. The van der Waals surface area contributed by atoms with Crippen LogP contribution in [-0.4, -0.2) is 92.4 Å². The maximum atomic E-state index is 12.9. The number of benzene rings is 3. The maximum absolute atomic E-state index is 12.9. The smallest absolute Gasteiger partial charge is 0.407 e. The van der Waals surface area contributed by atoms with E-state index in [0.29, 0.717) is 30.5 Å². The highest BCUT2D eigenvalue weighted by Crippen LogP contribution is 2.26. The lowest BCUT2D eigenvalue weighted by atomic mass is 10.0.